The Labute approximate surface area is 164 Å². The van der Waals surface area contributed by atoms with E-state index in [4.69, 9.17) is 9.26 Å². The molecule has 1 aliphatic rings. The van der Waals surface area contributed by atoms with Gasteiger partial charge in [-0.3, -0.25) is 4.99 Å². The summed E-state index contributed by atoms with van der Waals surface area (Å²) in [6.45, 7) is 3.32. The fourth-order valence-corrected chi connectivity index (χ4v) is 2.69. The lowest BCUT2D eigenvalue weighted by Crippen LogP contribution is -2.42. The Hall–Kier alpha value is -1.84. The summed E-state index contributed by atoms with van der Waals surface area (Å²) in [6, 6.07) is 8.17. The van der Waals surface area contributed by atoms with Crippen molar-refractivity contribution in [3.05, 3.63) is 41.5 Å². The third-order valence-corrected chi connectivity index (χ3v) is 3.86. The van der Waals surface area contributed by atoms with E-state index in [2.05, 4.69) is 31.8 Å². The van der Waals surface area contributed by atoms with E-state index in [0.717, 1.165) is 44.1 Å². The number of rotatable bonds is 6. The Morgan fingerprint density at radius 3 is 2.88 bits per heavy atom. The fraction of sp³-hybridized carbons (Fsp3) is 0.471. The number of ether oxygens (including phenoxy) is 1. The summed E-state index contributed by atoms with van der Waals surface area (Å²) in [5.41, 5.74) is 1.27. The van der Waals surface area contributed by atoms with Crippen LogP contribution in [0.25, 0.3) is 0 Å². The number of hydrogen-bond acceptors (Lipinski definition) is 5. The minimum atomic E-state index is 0. The van der Waals surface area contributed by atoms with E-state index >= 15 is 0 Å². The highest BCUT2D eigenvalue weighted by Crippen LogP contribution is 2.27. The summed E-state index contributed by atoms with van der Waals surface area (Å²) in [6.07, 6.45) is 2.72. The van der Waals surface area contributed by atoms with E-state index in [1.807, 2.05) is 25.1 Å². The number of nitrogens with one attached hydrogen (secondary N) is 2. The van der Waals surface area contributed by atoms with Gasteiger partial charge in [0.1, 0.15) is 11.9 Å². The summed E-state index contributed by atoms with van der Waals surface area (Å²) in [5.74, 6) is 3.11. The van der Waals surface area contributed by atoms with Gasteiger partial charge in [0, 0.05) is 26.4 Å². The molecule has 1 aromatic heterocycles. The maximum atomic E-state index is 5.91. The van der Waals surface area contributed by atoms with Crippen molar-refractivity contribution in [1.82, 2.24) is 20.8 Å². The first-order chi connectivity index (χ1) is 11.7. The third kappa shape index (κ3) is 5.58. The smallest absolute Gasteiger partial charge is 0.226 e. The number of guanidine groups is 1. The zero-order chi connectivity index (χ0) is 16.8. The van der Waals surface area contributed by atoms with Crippen molar-refractivity contribution in [3.63, 3.8) is 0 Å². The Kier molecular flexibility index (Phi) is 7.48. The van der Waals surface area contributed by atoms with Crippen molar-refractivity contribution in [3.8, 4) is 5.75 Å². The molecule has 1 atom stereocenters. The third-order valence-electron chi connectivity index (χ3n) is 3.86. The van der Waals surface area contributed by atoms with E-state index in [9.17, 15) is 0 Å². The maximum absolute atomic E-state index is 5.91. The van der Waals surface area contributed by atoms with Crippen LogP contribution in [-0.2, 0) is 12.8 Å². The van der Waals surface area contributed by atoms with Gasteiger partial charge in [0.2, 0.25) is 5.89 Å². The van der Waals surface area contributed by atoms with Crippen LogP contribution in [0.3, 0.4) is 0 Å². The van der Waals surface area contributed by atoms with Crippen molar-refractivity contribution >= 4 is 29.9 Å². The first-order valence-corrected chi connectivity index (χ1v) is 8.23. The molecule has 1 aromatic carbocycles. The van der Waals surface area contributed by atoms with Gasteiger partial charge in [-0.05, 0) is 25.0 Å². The molecular weight excluding hydrogens is 433 g/mol. The fourth-order valence-electron chi connectivity index (χ4n) is 2.69. The van der Waals surface area contributed by atoms with Gasteiger partial charge in [-0.15, -0.1) is 24.0 Å². The van der Waals surface area contributed by atoms with Crippen LogP contribution in [-0.4, -0.2) is 42.3 Å². The second-order valence-corrected chi connectivity index (χ2v) is 5.77. The first-order valence-electron chi connectivity index (χ1n) is 8.23. The highest BCUT2D eigenvalue weighted by molar-refractivity contribution is 14.0. The van der Waals surface area contributed by atoms with E-state index in [1.54, 1.807) is 7.05 Å². The van der Waals surface area contributed by atoms with E-state index < -0.39 is 0 Å². The quantitative estimate of drug-likeness (QED) is 0.299. The number of fused-ring (bicyclic) bond motifs is 1. The van der Waals surface area contributed by atoms with Crippen LogP contribution in [0.4, 0.5) is 0 Å². The maximum Gasteiger partial charge on any atom is 0.226 e. The molecule has 25 heavy (non-hydrogen) atoms. The number of hydrogen-bond donors (Lipinski definition) is 2. The Morgan fingerprint density at radius 1 is 1.32 bits per heavy atom. The lowest BCUT2D eigenvalue weighted by Gasteiger charge is -2.15. The SMILES string of the molecule is CN=C(NCCCc1nc(C)no1)NCC1Cc2ccccc2O1.I. The van der Waals surface area contributed by atoms with Crippen molar-refractivity contribution in [2.75, 3.05) is 20.1 Å². The lowest BCUT2D eigenvalue weighted by molar-refractivity contribution is 0.235. The van der Waals surface area contributed by atoms with Gasteiger partial charge >= 0.3 is 0 Å². The van der Waals surface area contributed by atoms with Crippen LogP contribution in [0.2, 0.25) is 0 Å². The van der Waals surface area contributed by atoms with Crippen LogP contribution in [0, 0.1) is 6.92 Å². The molecule has 8 heteroatoms. The number of aryl methyl sites for hydroxylation is 2. The molecule has 3 rings (SSSR count). The predicted octanol–water partition coefficient (Wildman–Crippen LogP) is 2.10. The molecule has 2 aromatic rings. The molecule has 2 heterocycles. The van der Waals surface area contributed by atoms with Gasteiger partial charge in [0.05, 0.1) is 6.54 Å². The standard InChI is InChI=1S/C17H23N5O2.HI/c1-12-21-16(24-22-12)8-5-9-19-17(18-2)20-11-14-10-13-6-3-4-7-15(13)23-14;/h3-4,6-7,14H,5,8-11H2,1-2H3,(H2,18,19,20);1H. The number of halogens is 1. The van der Waals surface area contributed by atoms with Gasteiger partial charge in [0.15, 0.2) is 11.8 Å². The van der Waals surface area contributed by atoms with Crippen molar-refractivity contribution < 1.29 is 9.26 Å². The van der Waals surface area contributed by atoms with Gasteiger partial charge < -0.3 is 19.9 Å². The molecule has 136 valence electrons. The van der Waals surface area contributed by atoms with Crippen molar-refractivity contribution in [2.24, 2.45) is 4.99 Å². The molecule has 0 aliphatic carbocycles. The second kappa shape index (κ2) is 9.59. The Bertz CT molecular complexity index is 679. The minimum Gasteiger partial charge on any atom is -0.488 e. The monoisotopic (exact) mass is 457 g/mol. The van der Waals surface area contributed by atoms with Crippen molar-refractivity contribution in [2.45, 2.75) is 32.3 Å². The molecule has 0 bridgehead atoms. The summed E-state index contributed by atoms with van der Waals surface area (Å²) < 4.78 is 11.0. The van der Waals surface area contributed by atoms with Crippen LogP contribution in [0.5, 0.6) is 5.75 Å². The van der Waals surface area contributed by atoms with Crippen molar-refractivity contribution in [1.29, 1.82) is 0 Å². The summed E-state index contributed by atoms with van der Waals surface area (Å²) in [4.78, 5) is 8.42. The zero-order valence-corrected chi connectivity index (χ0v) is 16.8. The average Bonchev–Trinajstić information content (AvgIpc) is 3.19. The van der Waals surface area contributed by atoms with Crippen LogP contribution in [0.15, 0.2) is 33.8 Å². The highest BCUT2D eigenvalue weighted by Gasteiger charge is 2.22. The normalized spacial score (nSPS) is 15.9. The summed E-state index contributed by atoms with van der Waals surface area (Å²) >= 11 is 0. The van der Waals surface area contributed by atoms with Crippen LogP contribution >= 0.6 is 24.0 Å². The number of benzene rings is 1. The molecule has 2 N–H and O–H groups in total. The number of para-hydroxylation sites is 1. The molecule has 0 amide bonds. The first kappa shape index (κ1) is 19.5. The number of aromatic nitrogens is 2. The molecular formula is C17H24IN5O2. The largest absolute Gasteiger partial charge is 0.488 e. The molecule has 1 unspecified atom stereocenters. The second-order valence-electron chi connectivity index (χ2n) is 5.77. The summed E-state index contributed by atoms with van der Waals surface area (Å²) in [7, 11) is 1.76. The van der Waals surface area contributed by atoms with E-state index in [0.29, 0.717) is 11.7 Å². The molecule has 1 aliphatic heterocycles. The molecule has 0 saturated heterocycles. The summed E-state index contributed by atoms with van der Waals surface area (Å²) in [5, 5.41) is 10.4. The van der Waals surface area contributed by atoms with E-state index in [1.165, 1.54) is 5.56 Å². The van der Waals surface area contributed by atoms with Crippen LogP contribution in [0.1, 0.15) is 23.7 Å². The average molecular weight is 457 g/mol. The zero-order valence-electron chi connectivity index (χ0n) is 14.5. The Balaban J connectivity index is 0.00000225. The van der Waals surface area contributed by atoms with Gasteiger partial charge in [-0.2, -0.15) is 4.98 Å². The lowest BCUT2D eigenvalue weighted by atomic mass is 10.1. The minimum absolute atomic E-state index is 0. The Morgan fingerprint density at radius 2 is 2.16 bits per heavy atom. The topological polar surface area (TPSA) is 84.6 Å². The molecule has 0 fully saturated rings. The van der Waals surface area contributed by atoms with Gasteiger partial charge in [-0.1, -0.05) is 23.4 Å². The molecule has 0 spiro atoms. The number of nitrogens with zero attached hydrogens (tertiary/aromatic N) is 3. The predicted molar refractivity (Wildman–Crippen MR) is 107 cm³/mol. The molecule has 0 radical (unpaired) electrons. The molecule has 0 saturated carbocycles. The highest BCUT2D eigenvalue weighted by atomic mass is 127. The number of aliphatic imine (C=N–C) groups is 1. The van der Waals surface area contributed by atoms with Crippen LogP contribution < -0.4 is 15.4 Å². The van der Waals surface area contributed by atoms with Gasteiger partial charge in [-0.25, -0.2) is 0 Å². The van der Waals surface area contributed by atoms with E-state index in [-0.39, 0.29) is 30.1 Å². The van der Waals surface area contributed by atoms with Gasteiger partial charge in [0.25, 0.3) is 0 Å². The molecule has 7 nitrogen and oxygen atoms in total.